The van der Waals surface area contributed by atoms with Crippen LogP contribution in [0, 0.1) is 5.92 Å². The standard InChI is InChI=1S/C25H29N5O2/c1-15(2)23(24-26-19-12-8-9-13-21(19)30(24)16(3)4)27-22(31)14-20-17-10-6-7-11-18(17)25(32)29(5)28-20/h6-13,15-16,23H,14H2,1-5H3,(H,27,31). The number of amides is 1. The van der Waals surface area contributed by atoms with Crippen LogP contribution < -0.4 is 10.9 Å². The van der Waals surface area contributed by atoms with E-state index in [1.54, 1.807) is 13.1 Å². The third-order valence-corrected chi connectivity index (χ3v) is 5.76. The Kier molecular flexibility index (Phi) is 5.82. The second-order valence-electron chi connectivity index (χ2n) is 8.81. The first-order chi connectivity index (χ1) is 15.3. The van der Waals surface area contributed by atoms with E-state index in [1.807, 2.05) is 36.4 Å². The molecule has 0 saturated carbocycles. The summed E-state index contributed by atoms with van der Waals surface area (Å²) in [5.41, 5.74) is 2.39. The number of hydrogen-bond donors (Lipinski definition) is 1. The number of nitrogens with one attached hydrogen (secondary N) is 1. The van der Waals surface area contributed by atoms with Crippen LogP contribution in [-0.2, 0) is 18.3 Å². The smallest absolute Gasteiger partial charge is 0.274 e. The lowest BCUT2D eigenvalue weighted by atomic mass is 10.0. The molecule has 1 N–H and O–H groups in total. The number of imidazole rings is 1. The second kappa shape index (κ2) is 8.57. The van der Waals surface area contributed by atoms with E-state index in [4.69, 9.17) is 4.98 Å². The molecule has 0 aliphatic heterocycles. The number of fused-ring (bicyclic) bond motifs is 2. The maximum Gasteiger partial charge on any atom is 0.274 e. The van der Waals surface area contributed by atoms with E-state index in [0.29, 0.717) is 16.5 Å². The number of nitrogens with zero attached hydrogens (tertiary/aromatic N) is 4. The van der Waals surface area contributed by atoms with Crippen molar-refractivity contribution in [3.05, 3.63) is 70.4 Å². The van der Waals surface area contributed by atoms with Crippen LogP contribution in [-0.4, -0.2) is 25.2 Å². The molecule has 2 heterocycles. The summed E-state index contributed by atoms with van der Waals surface area (Å²) in [5, 5.41) is 8.83. The van der Waals surface area contributed by atoms with Crippen molar-refractivity contribution in [2.24, 2.45) is 13.0 Å². The summed E-state index contributed by atoms with van der Waals surface area (Å²) in [6, 6.07) is 15.3. The summed E-state index contributed by atoms with van der Waals surface area (Å²) in [4.78, 5) is 30.4. The molecule has 166 valence electrons. The van der Waals surface area contributed by atoms with Crippen molar-refractivity contribution in [3.8, 4) is 0 Å². The molecule has 7 nitrogen and oxygen atoms in total. The molecule has 1 amide bonds. The van der Waals surface area contributed by atoms with Crippen LogP contribution in [0.4, 0.5) is 0 Å². The molecular weight excluding hydrogens is 402 g/mol. The second-order valence-corrected chi connectivity index (χ2v) is 8.81. The van der Waals surface area contributed by atoms with Gasteiger partial charge in [-0.1, -0.05) is 44.2 Å². The van der Waals surface area contributed by atoms with Gasteiger partial charge in [-0.05, 0) is 38.0 Å². The SMILES string of the molecule is CC(C)C(NC(=O)Cc1nn(C)c(=O)c2ccccc12)c1nc2ccccc2n1C(C)C. The van der Waals surface area contributed by atoms with E-state index in [-0.39, 0.29) is 35.9 Å². The van der Waals surface area contributed by atoms with Crippen molar-refractivity contribution in [2.45, 2.75) is 46.2 Å². The molecule has 0 radical (unpaired) electrons. The van der Waals surface area contributed by atoms with Gasteiger partial charge in [0.1, 0.15) is 5.82 Å². The van der Waals surface area contributed by atoms with Gasteiger partial charge in [0.05, 0.1) is 34.6 Å². The summed E-state index contributed by atoms with van der Waals surface area (Å²) in [7, 11) is 1.61. The zero-order valence-corrected chi connectivity index (χ0v) is 19.2. The third kappa shape index (κ3) is 3.90. The molecule has 0 aliphatic carbocycles. The van der Waals surface area contributed by atoms with Gasteiger partial charge in [0, 0.05) is 18.5 Å². The molecule has 2 aromatic heterocycles. The highest BCUT2D eigenvalue weighted by molar-refractivity contribution is 5.88. The average Bonchev–Trinajstić information content (AvgIpc) is 3.15. The lowest BCUT2D eigenvalue weighted by Gasteiger charge is -2.25. The molecule has 2 aromatic carbocycles. The number of rotatable bonds is 6. The van der Waals surface area contributed by atoms with Crippen LogP contribution in [0.3, 0.4) is 0 Å². The normalized spacial score (nSPS) is 12.7. The minimum Gasteiger partial charge on any atom is -0.346 e. The van der Waals surface area contributed by atoms with Gasteiger partial charge in [0.15, 0.2) is 0 Å². The summed E-state index contributed by atoms with van der Waals surface area (Å²) in [6.07, 6.45) is 0.0831. The minimum atomic E-state index is -0.254. The molecule has 1 unspecified atom stereocenters. The highest BCUT2D eigenvalue weighted by Crippen LogP contribution is 2.29. The Balaban J connectivity index is 1.69. The van der Waals surface area contributed by atoms with Crippen LogP contribution in [0.1, 0.15) is 51.3 Å². The minimum absolute atomic E-state index is 0.0831. The molecule has 0 saturated heterocycles. The number of carbonyl (C=O) groups is 1. The fourth-order valence-corrected chi connectivity index (χ4v) is 4.24. The molecule has 0 aliphatic rings. The van der Waals surface area contributed by atoms with Gasteiger partial charge in [-0.15, -0.1) is 0 Å². The predicted octanol–water partition coefficient (Wildman–Crippen LogP) is 3.92. The maximum absolute atomic E-state index is 13.2. The first-order valence-electron chi connectivity index (χ1n) is 11.0. The zero-order valence-electron chi connectivity index (χ0n) is 19.2. The third-order valence-electron chi connectivity index (χ3n) is 5.76. The number of carbonyl (C=O) groups excluding carboxylic acids is 1. The van der Waals surface area contributed by atoms with E-state index in [2.05, 4.69) is 48.7 Å². The zero-order chi connectivity index (χ0) is 23.0. The Morgan fingerprint density at radius 1 is 1.00 bits per heavy atom. The molecule has 0 spiro atoms. The molecule has 4 rings (SSSR count). The Hall–Kier alpha value is -3.48. The quantitative estimate of drug-likeness (QED) is 0.502. The summed E-state index contributed by atoms with van der Waals surface area (Å²) >= 11 is 0. The largest absolute Gasteiger partial charge is 0.346 e. The van der Waals surface area contributed by atoms with Gasteiger partial charge in [-0.25, -0.2) is 9.67 Å². The van der Waals surface area contributed by atoms with Crippen molar-refractivity contribution >= 4 is 27.7 Å². The van der Waals surface area contributed by atoms with Gasteiger partial charge in [0.2, 0.25) is 5.91 Å². The average molecular weight is 432 g/mol. The van der Waals surface area contributed by atoms with Crippen molar-refractivity contribution in [1.82, 2.24) is 24.6 Å². The molecule has 4 aromatic rings. The van der Waals surface area contributed by atoms with Gasteiger partial charge < -0.3 is 9.88 Å². The van der Waals surface area contributed by atoms with E-state index in [9.17, 15) is 9.59 Å². The molecular formula is C25H29N5O2. The van der Waals surface area contributed by atoms with E-state index < -0.39 is 0 Å². The first kappa shape index (κ1) is 21.7. The van der Waals surface area contributed by atoms with Gasteiger partial charge in [0.25, 0.3) is 5.56 Å². The van der Waals surface area contributed by atoms with Gasteiger partial charge >= 0.3 is 0 Å². The maximum atomic E-state index is 13.2. The molecule has 7 heteroatoms. The van der Waals surface area contributed by atoms with Crippen molar-refractivity contribution in [1.29, 1.82) is 0 Å². The fourth-order valence-electron chi connectivity index (χ4n) is 4.24. The predicted molar refractivity (Wildman–Crippen MR) is 127 cm³/mol. The van der Waals surface area contributed by atoms with Crippen LogP contribution in [0.5, 0.6) is 0 Å². The van der Waals surface area contributed by atoms with Crippen molar-refractivity contribution in [3.63, 3.8) is 0 Å². The highest BCUT2D eigenvalue weighted by Gasteiger charge is 2.26. The molecule has 0 bridgehead atoms. The lowest BCUT2D eigenvalue weighted by Crippen LogP contribution is -2.35. The number of benzene rings is 2. The Labute approximate surface area is 187 Å². The summed E-state index contributed by atoms with van der Waals surface area (Å²) in [5.74, 6) is 0.836. The van der Waals surface area contributed by atoms with Crippen molar-refractivity contribution in [2.75, 3.05) is 0 Å². The molecule has 0 fully saturated rings. The van der Waals surface area contributed by atoms with Crippen molar-refractivity contribution < 1.29 is 4.79 Å². The Bertz CT molecular complexity index is 1350. The van der Waals surface area contributed by atoms with Crippen LogP contribution in [0.15, 0.2) is 53.3 Å². The number of aromatic nitrogens is 4. The fraction of sp³-hybridized carbons (Fsp3) is 0.360. The van der Waals surface area contributed by atoms with Crippen LogP contribution >= 0.6 is 0 Å². The molecule has 32 heavy (non-hydrogen) atoms. The monoisotopic (exact) mass is 431 g/mol. The number of hydrogen-bond acceptors (Lipinski definition) is 4. The number of para-hydroxylation sites is 2. The van der Waals surface area contributed by atoms with Gasteiger partial charge in [-0.3, -0.25) is 9.59 Å². The number of aryl methyl sites for hydroxylation is 1. The lowest BCUT2D eigenvalue weighted by molar-refractivity contribution is -0.121. The van der Waals surface area contributed by atoms with Crippen LogP contribution in [0.25, 0.3) is 21.8 Å². The van der Waals surface area contributed by atoms with E-state index >= 15 is 0 Å². The summed E-state index contributed by atoms with van der Waals surface area (Å²) < 4.78 is 3.49. The Morgan fingerprint density at radius 2 is 1.66 bits per heavy atom. The summed E-state index contributed by atoms with van der Waals surface area (Å²) in [6.45, 7) is 8.40. The topological polar surface area (TPSA) is 81.8 Å². The first-order valence-corrected chi connectivity index (χ1v) is 11.0. The highest BCUT2D eigenvalue weighted by atomic mass is 16.2. The Morgan fingerprint density at radius 3 is 2.34 bits per heavy atom. The van der Waals surface area contributed by atoms with E-state index in [1.165, 1.54) is 4.68 Å². The van der Waals surface area contributed by atoms with Gasteiger partial charge in [-0.2, -0.15) is 5.10 Å². The van der Waals surface area contributed by atoms with Crippen LogP contribution in [0.2, 0.25) is 0 Å². The molecule has 1 atom stereocenters. The van der Waals surface area contributed by atoms with E-state index in [0.717, 1.165) is 16.9 Å².